The molecule has 2 bridgehead atoms. The van der Waals surface area contributed by atoms with E-state index in [0.29, 0.717) is 16.5 Å². The zero-order valence-electron chi connectivity index (χ0n) is 23.7. The maximum absolute atomic E-state index is 13.1. The number of esters is 1. The number of benzene rings is 4. The second-order valence-corrected chi connectivity index (χ2v) is 11.6. The molecule has 3 atom stereocenters. The molecular weight excluding hydrogens is 557 g/mol. The van der Waals surface area contributed by atoms with Crippen molar-refractivity contribution in [3.63, 3.8) is 0 Å². The van der Waals surface area contributed by atoms with Crippen LogP contribution in [-0.2, 0) is 21.3 Å². The van der Waals surface area contributed by atoms with E-state index >= 15 is 0 Å². The van der Waals surface area contributed by atoms with E-state index in [4.69, 9.17) is 4.74 Å². The van der Waals surface area contributed by atoms with Crippen LogP contribution >= 0.6 is 0 Å². The number of nitrogens with zero attached hydrogens (tertiary/aromatic N) is 1. The molecule has 4 aromatic carbocycles. The number of hydrogen-bond acceptors (Lipinski definition) is 5. The Balaban J connectivity index is 1.39. The fraction of sp³-hybridized carbons (Fsp3) is 0.294. The molecule has 0 aromatic heterocycles. The minimum atomic E-state index is -4.43. The maximum Gasteiger partial charge on any atom is 0.416 e. The summed E-state index contributed by atoms with van der Waals surface area (Å²) < 4.78 is 44.6. The first-order valence-electron chi connectivity index (χ1n) is 14.1. The summed E-state index contributed by atoms with van der Waals surface area (Å²) in [6.45, 7) is 1.15. The van der Waals surface area contributed by atoms with Gasteiger partial charge in [0.05, 0.1) is 16.7 Å². The highest BCUT2D eigenvalue weighted by atomic mass is 19.4. The first-order chi connectivity index (χ1) is 20.4. The predicted octanol–water partition coefficient (Wildman–Crippen LogP) is 5.86. The Hall–Kier alpha value is -4.21. The van der Waals surface area contributed by atoms with Gasteiger partial charge in [-0.3, -0.25) is 4.79 Å². The quantitative estimate of drug-likeness (QED) is 0.276. The van der Waals surface area contributed by atoms with Crippen molar-refractivity contribution in [3.05, 3.63) is 95.6 Å². The van der Waals surface area contributed by atoms with Crippen molar-refractivity contribution in [3.8, 4) is 22.3 Å². The Kier molecular flexibility index (Phi) is 7.26. The van der Waals surface area contributed by atoms with Gasteiger partial charge in [0.1, 0.15) is 0 Å². The van der Waals surface area contributed by atoms with E-state index in [9.17, 15) is 27.9 Å². The molecule has 1 unspecified atom stereocenters. The first kappa shape index (κ1) is 28.9. The fourth-order valence-corrected chi connectivity index (χ4v) is 6.27. The number of carbonyl (C=O) groups excluding carboxylic acids is 2. The van der Waals surface area contributed by atoms with E-state index in [2.05, 4.69) is 5.32 Å². The Labute approximate surface area is 247 Å². The number of alkyl halides is 3. The molecule has 2 aliphatic rings. The molecule has 2 N–H and O–H groups in total. The van der Waals surface area contributed by atoms with Crippen LogP contribution in [0.3, 0.4) is 0 Å². The molecule has 1 heterocycles. The molecular formula is C34H31F3N2O4. The minimum Gasteiger partial charge on any atom is -0.452 e. The molecule has 1 aliphatic carbocycles. The van der Waals surface area contributed by atoms with Crippen LogP contribution in [-0.4, -0.2) is 55.7 Å². The molecule has 0 radical (unpaired) electrons. The molecule has 43 heavy (non-hydrogen) atoms. The summed E-state index contributed by atoms with van der Waals surface area (Å²) in [7, 11) is 3.14. The van der Waals surface area contributed by atoms with Gasteiger partial charge in [0, 0.05) is 39.0 Å². The fourth-order valence-electron chi connectivity index (χ4n) is 6.27. The molecule has 2 fully saturated rings. The average molecular weight is 589 g/mol. The Bertz CT molecular complexity index is 1680. The number of carbonyl (C=O) groups is 2. The largest absolute Gasteiger partial charge is 0.452 e. The van der Waals surface area contributed by atoms with Crippen LogP contribution < -0.4 is 5.32 Å². The second kappa shape index (κ2) is 10.8. The number of likely N-dealkylation sites (N-methyl/N-ethyl adjacent to an activating group) is 1. The number of rotatable bonds is 6. The summed E-state index contributed by atoms with van der Waals surface area (Å²) in [4.78, 5) is 26.5. The van der Waals surface area contributed by atoms with Crippen LogP contribution in [0.25, 0.3) is 33.0 Å². The number of fused-ring (bicyclic) bond motifs is 3. The van der Waals surface area contributed by atoms with Gasteiger partial charge in [-0.25, -0.2) is 4.79 Å². The topological polar surface area (TPSA) is 78.9 Å². The SMILES string of the molecule is CN(C)C(=O)COC(=O)c1cc(-c2ccc(C3(O)[C@@H]4CNC[C@H]3C4)cc2)c2ccc(-c3ccc(C(F)(F)F)cc3)cc2c1. The lowest BCUT2D eigenvalue weighted by Crippen LogP contribution is -2.63. The second-order valence-electron chi connectivity index (χ2n) is 11.6. The third-order valence-corrected chi connectivity index (χ3v) is 8.81. The molecule has 6 rings (SSSR count). The van der Waals surface area contributed by atoms with Crippen molar-refractivity contribution >= 4 is 22.6 Å². The highest BCUT2D eigenvalue weighted by Gasteiger charge is 2.56. The summed E-state index contributed by atoms with van der Waals surface area (Å²) in [6, 6.07) is 21.6. The zero-order chi connectivity index (χ0) is 30.5. The van der Waals surface area contributed by atoms with Gasteiger partial charge in [-0.05, 0) is 75.3 Å². The minimum absolute atomic E-state index is 0.171. The van der Waals surface area contributed by atoms with Crippen LogP contribution in [0.1, 0.15) is 27.9 Å². The summed E-state index contributed by atoms with van der Waals surface area (Å²) >= 11 is 0. The van der Waals surface area contributed by atoms with E-state index in [1.165, 1.54) is 17.0 Å². The first-order valence-corrected chi connectivity index (χ1v) is 14.1. The van der Waals surface area contributed by atoms with Gasteiger partial charge in [0.15, 0.2) is 6.61 Å². The number of aliphatic hydroxyl groups is 1. The molecule has 1 saturated carbocycles. The van der Waals surface area contributed by atoms with E-state index in [1.54, 1.807) is 26.2 Å². The van der Waals surface area contributed by atoms with Crippen LogP contribution in [0.15, 0.2) is 78.9 Å². The van der Waals surface area contributed by atoms with Crippen molar-refractivity contribution in [2.24, 2.45) is 11.8 Å². The van der Waals surface area contributed by atoms with Crippen molar-refractivity contribution in [2.75, 3.05) is 33.8 Å². The summed E-state index contributed by atoms with van der Waals surface area (Å²) in [5.74, 6) is -0.684. The van der Waals surface area contributed by atoms with Crippen LogP contribution in [0.5, 0.6) is 0 Å². The van der Waals surface area contributed by atoms with E-state index in [0.717, 1.165) is 53.7 Å². The van der Waals surface area contributed by atoms with Gasteiger partial charge >= 0.3 is 12.1 Å². The van der Waals surface area contributed by atoms with Crippen molar-refractivity contribution in [2.45, 2.75) is 18.2 Å². The lowest BCUT2D eigenvalue weighted by Gasteiger charge is -2.56. The normalized spacial score (nSPS) is 21.3. The van der Waals surface area contributed by atoms with Gasteiger partial charge in [0.2, 0.25) is 0 Å². The predicted molar refractivity (Wildman–Crippen MR) is 157 cm³/mol. The van der Waals surface area contributed by atoms with Crippen LogP contribution in [0.4, 0.5) is 13.2 Å². The highest BCUT2D eigenvalue weighted by molar-refractivity contribution is 6.04. The van der Waals surface area contributed by atoms with Crippen molar-refractivity contribution < 1.29 is 32.6 Å². The van der Waals surface area contributed by atoms with Crippen molar-refractivity contribution in [1.82, 2.24) is 10.2 Å². The van der Waals surface area contributed by atoms with Gasteiger partial charge in [-0.2, -0.15) is 13.2 Å². The van der Waals surface area contributed by atoms with Crippen LogP contribution in [0, 0.1) is 11.8 Å². The number of hydrogen-bond donors (Lipinski definition) is 2. The Morgan fingerprint density at radius 3 is 2.14 bits per heavy atom. The molecule has 9 heteroatoms. The number of amides is 1. The lowest BCUT2D eigenvalue weighted by atomic mass is 9.56. The van der Waals surface area contributed by atoms with E-state index in [-0.39, 0.29) is 23.3 Å². The molecule has 1 aliphatic heterocycles. The summed E-state index contributed by atoms with van der Waals surface area (Å²) in [5, 5.41) is 16.3. The van der Waals surface area contributed by atoms with E-state index in [1.807, 2.05) is 42.5 Å². The van der Waals surface area contributed by atoms with Crippen molar-refractivity contribution in [1.29, 1.82) is 0 Å². The average Bonchev–Trinajstić information content (AvgIpc) is 3.02. The molecule has 222 valence electrons. The smallest absolute Gasteiger partial charge is 0.416 e. The number of piperidine rings is 2. The third-order valence-electron chi connectivity index (χ3n) is 8.81. The molecule has 1 amide bonds. The highest BCUT2D eigenvalue weighted by Crippen LogP contribution is 2.53. The number of halogens is 3. The molecule has 4 aromatic rings. The molecule has 0 spiro atoms. The Morgan fingerprint density at radius 2 is 1.53 bits per heavy atom. The van der Waals surface area contributed by atoms with Crippen LogP contribution in [0.2, 0.25) is 0 Å². The zero-order valence-corrected chi connectivity index (χ0v) is 23.7. The molecule has 6 nitrogen and oxygen atoms in total. The monoisotopic (exact) mass is 588 g/mol. The number of ether oxygens (including phenoxy) is 1. The summed E-state index contributed by atoms with van der Waals surface area (Å²) in [5.41, 5.74) is 2.37. The standard InChI is InChI=1S/C34H31F3N2O4/c1-39(2)31(40)19-43-32(41)24-14-23-13-22(20-3-10-26(11-4-20)34(35,36)37)7-12-29(23)30(15-24)21-5-8-25(9-6-21)33(42)27-16-28(33)18-38-17-27/h3-15,27-28,38,42H,16-19H2,1-2H3/t27-,28+,33?. The number of nitrogens with one attached hydrogen (secondary N) is 1. The Morgan fingerprint density at radius 1 is 0.907 bits per heavy atom. The summed E-state index contributed by atoms with van der Waals surface area (Å²) in [6.07, 6.45) is -3.43. The van der Waals surface area contributed by atoms with Gasteiger partial charge < -0.3 is 20.1 Å². The third kappa shape index (κ3) is 5.28. The van der Waals surface area contributed by atoms with Gasteiger partial charge in [-0.15, -0.1) is 0 Å². The maximum atomic E-state index is 13.1. The van der Waals surface area contributed by atoms with Gasteiger partial charge in [-0.1, -0.05) is 48.5 Å². The molecule has 1 saturated heterocycles. The lowest BCUT2D eigenvalue weighted by molar-refractivity contribution is -0.175. The van der Waals surface area contributed by atoms with E-state index < -0.39 is 29.9 Å². The van der Waals surface area contributed by atoms with Gasteiger partial charge in [0.25, 0.3) is 5.91 Å².